The highest BCUT2D eigenvalue weighted by atomic mass is 16.5. The lowest BCUT2D eigenvalue weighted by Crippen LogP contribution is -2.47. The molecule has 0 saturated heterocycles. The molecule has 0 amide bonds. The predicted molar refractivity (Wildman–Crippen MR) is 145 cm³/mol. The fraction of sp³-hybridized carbons (Fsp3) is 0.516. The number of nitrogens with two attached hydrogens (primary N) is 1. The molecule has 1 aromatic heterocycles. The lowest BCUT2D eigenvalue weighted by Gasteiger charge is -2.37. The molecule has 3 aromatic rings. The average molecular weight is 475 g/mol. The molecule has 1 fully saturated rings. The zero-order chi connectivity index (χ0) is 25.4. The van der Waals surface area contributed by atoms with E-state index in [0.717, 1.165) is 28.6 Å². The zero-order valence-electron chi connectivity index (χ0n) is 22.3. The molecule has 0 spiro atoms. The van der Waals surface area contributed by atoms with Crippen molar-refractivity contribution in [1.82, 2.24) is 4.98 Å². The van der Waals surface area contributed by atoms with Crippen molar-refractivity contribution in [3.8, 4) is 0 Å². The number of benzene rings is 2. The van der Waals surface area contributed by atoms with Crippen LogP contribution in [0.2, 0.25) is 0 Å². The quantitative estimate of drug-likeness (QED) is 0.363. The van der Waals surface area contributed by atoms with Crippen LogP contribution in [0.5, 0.6) is 0 Å². The van der Waals surface area contributed by atoms with E-state index in [9.17, 15) is 4.79 Å². The van der Waals surface area contributed by atoms with E-state index in [1.165, 1.54) is 43.2 Å². The molecule has 2 atom stereocenters. The summed E-state index contributed by atoms with van der Waals surface area (Å²) in [5.41, 5.74) is 12.5. The third-order valence-corrected chi connectivity index (χ3v) is 7.91. The van der Waals surface area contributed by atoms with Gasteiger partial charge in [-0.15, -0.1) is 0 Å². The fourth-order valence-corrected chi connectivity index (χ4v) is 5.63. The highest BCUT2D eigenvalue weighted by molar-refractivity contribution is 6.05. The molecule has 1 heterocycles. The van der Waals surface area contributed by atoms with Crippen LogP contribution in [0.1, 0.15) is 106 Å². The summed E-state index contributed by atoms with van der Waals surface area (Å²) in [6.07, 6.45) is 6.79. The Kier molecular flexibility index (Phi) is 7.15. The van der Waals surface area contributed by atoms with Crippen LogP contribution in [-0.4, -0.2) is 16.5 Å². The van der Waals surface area contributed by atoms with Crippen LogP contribution in [0.3, 0.4) is 0 Å². The Hall–Kier alpha value is -2.59. The number of aryl methyl sites for hydroxylation is 1. The molecule has 2 unspecified atom stereocenters. The number of carbonyl (C=O) groups is 1. The average Bonchev–Trinajstić information content (AvgIpc) is 3.14. The first-order chi connectivity index (χ1) is 16.5. The third-order valence-electron chi connectivity index (χ3n) is 7.91. The molecule has 2 aromatic carbocycles. The van der Waals surface area contributed by atoms with Gasteiger partial charge in [0.15, 0.2) is 0 Å². The highest BCUT2D eigenvalue weighted by Crippen LogP contribution is 2.34. The Morgan fingerprint density at radius 1 is 1.06 bits per heavy atom. The third kappa shape index (κ3) is 5.64. The molecule has 4 rings (SSSR count). The van der Waals surface area contributed by atoms with Gasteiger partial charge in [-0.05, 0) is 80.2 Å². The van der Waals surface area contributed by atoms with Crippen molar-refractivity contribution < 1.29 is 9.53 Å². The van der Waals surface area contributed by atoms with Crippen molar-refractivity contribution in [2.75, 3.05) is 0 Å². The van der Waals surface area contributed by atoms with Crippen LogP contribution < -0.4 is 5.73 Å². The minimum Gasteiger partial charge on any atom is -0.454 e. The Labute approximate surface area is 210 Å². The monoisotopic (exact) mass is 474 g/mol. The zero-order valence-corrected chi connectivity index (χ0v) is 22.3. The number of H-pyrrole nitrogens is 1. The first-order valence-corrected chi connectivity index (χ1v) is 13.2. The predicted octanol–water partition coefficient (Wildman–Crippen LogP) is 7.53. The minimum absolute atomic E-state index is 0.0912. The van der Waals surface area contributed by atoms with E-state index in [-0.39, 0.29) is 23.0 Å². The summed E-state index contributed by atoms with van der Waals surface area (Å²) in [6.45, 7) is 12.7. The maximum absolute atomic E-state index is 13.3. The maximum atomic E-state index is 13.3. The number of fused-ring (bicyclic) bond motifs is 1. The van der Waals surface area contributed by atoms with E-state index >= 15 is 0 Å². The van der Waals surface area contributed by atoms with Gasteiger partial charge in [0.25, 0.3) is 0 Å². The van der Waals surface area contributed by atoms with E-state index in [2.05, 4.69) is 75.1 Å². The summed E-state index contributed by atoms with van der Waals surface area (Å²) in [5.74, 6) is 0.260. The van der Waals surface area contributed by atoms with E-state index in [4.69, 9.17) is 10.5 Å². The Morgan fingerprint density at radius 2 is 1.71 bits per heavy atom. The SMILES string of the molecule is Cc1[nH]c2ccc(CC(C)(N)C3CCCCC3)cc2c1C(=O)OC(C)c1ccc(C(C)(C)C)cc1. The fourth-order valence-electron chi connectivity index (χ4n) is 5.63. The molecular formula is C31H42N2O2. The van der Waals surface area contributed by atoms with E-state index in [0.29, 0.717) is 11.5 Å². The van der Waals surface area contributed by atoms with Gasteiger partial charge in [-0.1, -0.05) is 70.4 Å². The summed E-state index contributed by atoms with van der Waals surface area (Å²) >= 11 is 0. The summed E-state index contributed by atoms with van der Waals surface area (Å²) in [7, 11) is 0. The molecule has 4 nitrogen and oxygen atoms in total. The molecule has 0 bridgehead atoms. The highest BCUT2D eigenvalue weighted by Gasteiger charge is 2.31. The second-order valence-electron chi connectivity index (χ2n) is 11.9. The van der Waals surface area contributed by atoms with Crippen molar-refractivity contribution in [2.24, 2.45) is 11.7 Å². The Morgan fingerprint density at radius 3 is 2.34 bits per heavy atom. The number of hydrogen-bond donors (Lipinski definition) is 2. The molecule has 188 valence electrons. The molecule has 35 heavy (non-hydrogen) atoms. The molecule has 3 N–H and O–H groups in total. The number of esters is 1. The number of hydrogen-bond acceptors (Lipinski definition) is 3. The lowest BCUT2D eigenvalue weighted by atomic mass is 9.73. The van der Waals surface area contributed by atoms with Crippen molar-refractivity contribution in [3.63, 3.8) is 0 Å². The van der Waals surface area contributed by atoms with Gasteiger partial charge in [0.2, 0.25) is 0 Å². The molecule has 1 aliphatic rings. The number of aromatic nitrogens is 1. The van der Waals surface area contributed by atoms with Crippen LogP contribution in [0.25, 0.3) is 10.9 Å². The van der Waals surface area contributed by atoms with Gasteiger partial charge in [0.05, 0.1) is 5.56 Å². The molecule has 0 aliphatic heterocycles. The largest absolute Gasteiger partial charge is 0.454 e. The summed E-state index contributed by atoms with van der Waals surface area (Å²) < 4.78 is 5.95. The second kappa shape index (κ2) is 9.81. The van der Waals surface area contributed by atoms with Gasteiger partial charge < -0.3 is 15.5 Å². The molecular weight excluding hydrogens is 432 g/mol. The van der Waals surface area contributed by atoms with Gasteiger partial charge in [0.1, 0.15) is 6.10 Å². The molecule has 1 aliphatic carbocycles. The lowest BCUT2D eigenvalue weighted by molar-refractivity contribution is 0.0339. The molecule has 4 heteroatoms. The number of carbonyl (C=O) groups excluding carboxylic acids is 1. The van der Waals surface area contributed by atoms with Crippen LogP contribution >= 0.6 is 0 Å². The summed E-state index contributed by atoms with van der Waals surface area (Å²) in [5, 5.41) is 0.916. The summed E-state index contributed by atoms with van der Waals surface area (Å²) in [4.78, 5) is 16.7. The van der Waals surface area contributed by atoms with Gasteiger partial charge >= 0.3 is 5.97 Å². The van der Waals surface area contributed by atoms with Crippen molar-refractivity contribution in [2.45, 2.75) is 97.1 Å². The number of aromatic amines is 1. The summed E-state index contributed by atoms with van der Waals surface area (Å²) in [6, 6.07) is 14.7. The van der Waals surface area contributed by atoms with Crippen molar-refractivity contribution >= 4 is 16.9 Å². The van der Waals surface area contributed by atoms with Gasteiger partial charge in [-0.2, -0.15) is 0 Å². The standard InChI is InChI=1S/C31H42N2O2/c1-20-28(29(34)35-21(2)23-13-15-24(16-14-23)30(3,4)5)26-18-22(12-17-27(26)33-20)19-31(6,32)25-10-8-7-9-11-25/h12-18,21,25,33H,7-11,19,32H2,1-6H3. The number of nitrogens with one attached hydrogen (secondary N) is 1. The topological polar surface area (TPSA) is 68.1 Å². The first kappa shape index (κ1) is 25.5. The van der Waals surface area contributed by atoms with E-state index in [1.807, 2.05) is 13.8 Å². The van der Waals surface area contributed by atoms with Crippen LogP contribution in [0, 0.1) is 12.8 Å². The van der Waals surface area contributed by atoms with Crippen LogP contribution in [0.15, 0.2) is 42.5 Å². The van der Waals surface area contributed by atoms with Gasteiger partial charge in [-0.3, -0.25) is 0 Å². The normalized spacial score (nSPS) is 17.8. The molecule has 0 radical (unpaired) electrons. The van der Waals surface area contributed by atoms with Crippen molar-refractivity contribution in [1.29, 1.82) is 0 Å². The maximum Gasteiger partial charge on any atom is 0.341 e. The Bertz CT molecular complexity index is 1180. The first-order valence-electron chi connectivity index (χ1n) is 13.2. The number of ether oxygens (including phenoxy) is 1. The number of rotatable bonds is 6. The minimum atomic E-state index is -0.331. The second-order valence-corrected chi connectivity index (χ2v) is 11.9. The van der Waals surface area contributed by atoms with E-state index in [1.54, 1.807) is 0 Å². The van der Waals surface area contributed by atoms with Crippen molar-refractivity contribution in [3.05, 3.63) is 70.4 Å². The smallest absolute Gasteiger partial charge is 0.341 e. The molecule has 1 saturated carbocycles. The van der Waals surface area contributed by atoms with Gasteiger partial charge in [-0.25, -0.2) is 4.79 Å². The van der Waals surface area contributed by atoms with E-state index < -0.39 is 0 Å². The van der Waals surface area contributed by atoms with Crippen LogP contribution in [-0.2, 0) is 16.6 Å². The Balaban J connectivity index is 1.54. The van der Waals surface area contributed by atoms with Gasteiger partial charge in [0, 0.05) is 22.1 Å². The van der Waals surface area contributed by atoms with Crippen LogP contribution in [0.4, 0.5) is 0 Å².